The SMILES string of the molecule is NCC(=O)NC(C(=O)O)C(=O)CS. The minimum atomic E-state index is -1.55. The Morgan fingerprint density at radius 1 is 1.46 bits per heavy atom. The van der Waals surface area contributed by atoms with Crippen LogP contribution in [0.5, 0.6) is 0 Å². The Kier molecular flexibility index (Phi) is 5.09. The summed E-state index contributed by atoms with van der Waals surface area (Å²) in [7, 11) is 0. The molecular formula is C6H10N2O4S. The average molecular weight is 206 g/mol. The number of aliphatic carboxylic acids is 1. The first-order chi connectivity index (χ1) is 6.02. The van der Waals surface area contributed by atoms with Gasteiger partial charge in [0.05, 0.1) is 12.3 Å². The number of amides is 1. The maximum Gasteiger partial charge on any atom is 0.334 e. The summed E-state index contributed by atoms with van der Waals surface area (Å²) in [5.74, 6) is -3.04. The zero-order valence-electron chi connectivity index (χ0n) is 6.69. The molecule has 0 heterocycles. The third-order valence-electron chi connectivity index (χ3n) is 1.22. The molecule has 7 heteroatoms. The van der Waals surface area contributed by atoms with Gasteiger partial charge in [-0.25, -0.2) is 4.79 Å². The average Bonchev–Trinajstić information content (AvgIpc) is 2.11. The van der Waals surface area contributed by atoms with E-state index in [1.54, 1.807) is 0 Å². The second-order valence-electron chi connectivity index (χ2n) is 2.17. The van der Waals surface area contributed by atoms with Gasteiger partial charge in [0, 0.05) is 0 Å². The molecule has 0 spiro atoms. The van der Waals surface area contributed by atoms with E-state index in [-0.39, 0.29) is 12.3 Å². The van der Waals surface area contributed by atoms with Gasteiger partial charge in [0.2, 0.25) is 5.91 Å². The molecule has 1 atom stereocenters. The summed E-state index contributed by atoms with van der Waals surface area (Å²) in [6.07, 6.45) is 0. The van der Waals surface area contributed by atoms with Crippen molar-refractivity contribution in [1.29, 1.82) is 0 Å². The third kappa shape index (κ3) is 3.90. The van der Waals surface area contributed by atoms with Crippen molar-refractivity contribution in [3.63, 3.8) is 0 Å². The van der Waals surface area contributed by atoms with Gasteiger partial charge < -0.3 is 16.2 Å². The van der Waals surface area contributed by atoms with Crippen molar-refractivity contribution in [2.24, 2.45) is 5.73 Å². The summed E-state index contributed by atoms with van der Waals surface area (Å²) >= 11 is 3.61. The molecule has 13 heavy (non-hydrogen) atoms. The van der Waals surface area contributed by atoms with Crippen LogP contribution in [0, 0.1) is 0 Å². The lowest BCUT2D eigenvalue weighted by Crippen LogP contribution is -2.48. The van der Waals surface area contributed by atoms with E-state index in [0.717, 1.165) is 0 Å². The maximum atomic E-state index is 10.9. The van der Waals surface area contributed by atoms with Crippen LogP contribution < -0.4 is 11.1 Å². The molecular weight excluding hydrogens is 196 g/mol. The molecule has 4 N–H and O–H groups in total. The minimum Gasteiger partial charge on any atom is -0.479 e. The van der Waals surface area contributed by atoms with Crippen molar-refractivity contribution in [2.75, 3.05) is 12.3 Å². The molecule has 0 saturated carbocycles. The Hall–Kier alpha value is -1.08. The quantitative estimate of drug-likeness (QED) is 0.307. The number of ketones is 1. The Bertz CT molecular complexity index is 231. The lowest BCUT2D eigenvalue weighted by Gasteiger charge is -2.10. The van der Waals surface area contributed by atoms with Gasteiger partial charge in [-0.1, -0.05) is 0 Å². The van der Waals surface area contributed by atoms with E-state index in [4.69, 9.17) is 10.8 Å². The number of hydrogen-bond acceptors (Lipinski definition) is 5. The van der Waals surface area contributed by atoms with Crippen molar-refractivity contribution in [3.05, 3.63) is 0 Å². The largest absolute Gasteiger partial charge is 0.479 e. The lowest BCUT2D eigenvalue weighted by atomic mass is 10.2. The van der Waals surface area contributed by atoms with E-state index < -0.39 is 23.7 Å². The van der Waals surface area contributed by atoms with Gasteiger partial charge in [-0.3, -0.25) is 9.59 Å². The number of rotatable bonds is 5. The molecule has 0 fully saturated rings. The van der Waals surface area contributed by atoms with Crippen LogP contribution in [0.2, 0.25) is 0 Å². The number of hydrogen-bond donors (Lipinski definition) is 4. The summed E-state index contributed by atoms with van der Waals surface area (Å²) in [5.41, 5.74) is 4.93. The molecule has 0 radical (unpaired) electrons. The summed E-state index contributed by atoms with van der Waals surface area (Å²) in [5, 5.41) is 10.5. The molecule has 0 aliphatic heterocycles. The van der Waals surface area contributed by atoms with E-state index in [1.807, 2.05) is 5.32 Å². The number of carbonyl (C=O) groups is 3. The summed E-state index contributed by atoms with van der Waals surface area (Å²) in [6, 6.07) is -1.55. The number of Topliss-reactive ketones (excluding diaryl/α,β-unsaturated/α-hetero) is 1. The maximum absolute atomic E-state index is 10.9. The predicted octanol–water partition coefficient (Wildman–Crippen LogP) is -1.99. The first-order valence-corrected chi connectivity index (χ1v) is 4.02. The molecule has 0 aromatic rings. The zero-order chi connectivity index (χ0) is 10.4. The number of thiol groups is 1. The topological polar surface area (TPSA) is 109 Å². The molecule has 0 aliphatic rings. The van der Waals surface area contributed by atoms with Crippen LogP contribution in [0.25, 0.3) is 0 Å². The first kappa shape index (κ1) is 11.9. The van der Waals surface area contributed by atoms with Gasteiger partial charge in [-0.2, -0.15) is 12.6 Å². The molecule has 0 rings (SSSR count). The summed E-state index contributed by atoms with van der Waals surface area (Å²) in [4.78, 5) is 32.0. The molecule has 1 amide bonds. The second kappa shape index (κ2) is 5.55. The number of nitrogens with two attached hydrogens (primary N) is 1. The fourth-order valence-electron chi connectivity index (χ4n) is 0.591. The van der Waals surface area contributed by atoms with Gasteiger partial charge in [0.25, 0.3) is 0 Å². The number of carboxylic acids is 1. The van der Waals surface area contributed by atoms with E-state index in [1.165, 1.54) is 0 Å². The van der Waals surface area contributed by atoms with Crippen molar-refractivity contribution in [3.8, 4) is 0 Å². The first-order valence-electron chi connectivity index (χ1n) is 3.38. The van der Waals surface area contributed by atoms with Crippen molar-refractivity contribution in [1.82, 2.24) is 5.32 Å². The van der Waals surface area contributed by atoms with Gasteiger partial charge in [-0.05, 0) is 0 Å². The van der Waals surface area contributed by atoms with Gasteiger partial charge >= 0.3 is 5.97 Å². The molecule has 0 aromatic carbocycles. The van der Waals surface area contributed by atoms with Crippen LogP contribution in [0.3, 0.4) is 0 Å². The number of carbonyl (C=O) groups excluding carboxylic acids is 2. The van der Waals surface area contributed by atoms with E-state index in [0.29, 0.717) is 0 Å². The van der Waals surface area contributed by atoms with Crippen LogP contribution in [0.1, 0.15) is 0 Å². The fourth-order valence-corrected chi connectivity index (χ4v) is 0.774. The molecule has 6 nitrogen and oxygen atoms in total. The van der Waals surface area contributed by atoms with Gasteiger partial charge in [0.1, 0.15) is 0 Å². The molecule has 0 aliphatic carbocycles. The standard InChI is InChI=1S/C6H10N2O4S/c7-1-4(10)8-5(6(11)12)3(9)2-13/h5,13H,1-2,7H2,(H,8,10)(H,11,12). The van der Waals surface area contributed by atoms with Crippen LogP contribution in [-0.4, -0.2) is 41.1 Å². The Morgan fingerprint density at radius 3 is 2.31 bits per heavy atom. The number of nitrogens with one attached hydrogen (secondary N) is 1. The summed E-state index contributed by atoms with van der Waals surface area (Å²) in [6.45, 7) is -0.358. The smallest absolute Gasteiger partial charge is 0.334 e. The van der Waals surface area contributed by atoms with Gasteiger partial charge in [0.15, 0.2) is 11.8 Å². The van der Waals surface area contributed by atoms with E-state index in [2.05, 4.69) is 12.6 Å². The monoisotopic (exact) mass is 206 g/mol. The highest BCUT2D eigenvalue weighted by atomic mass is 32.1. The molecule has 0 aromatic heterocycles. The fraction of sp³-hybridized carbons (Fsp3) is 0.500. The van der Waals surface area contributed by atoms with Crippen LogP contribution >= 0.6 is 12.6 Å². The van der Waals surface area contributed by atoms with Crippen LogP contribution in [-0.2, 0) is 14.4 Å². The number of carboxylic acid groups (broad SMARTS) is 1. The van der Waals surface area contributed by atoms with E-state index >= 15 is 0 Å². The van der Waals surface area contributed by atoms with E-state index in [9.17, 15) is 14.4 Å². The highest BCUT2D eigenvalue weighted by molar-refractivity contribution is 7.81. The normalized spacial score (nSPS) is 11.8. The van der Waals surface area contributed by atoms with Crippen LogP contribution in [0.4, 0.5) is 0 Å². The molecule has 0 bridgehead atoms. The Labute approximate surface area is 79.9 Å². The Balaban J connectivity index is 4.35. The molecule has 1 unspecified atom stereocenters. The highest BCUT2D eigenvalue weighted by Gasteiger charge is 2.25. The molecule has 0 saturated heterocycles. The second-order valence-corrected chi connectivity index (χ2v) is 2.48. The van der Waals surface area contributed by atoms with Crippen LogP contribution in [0.15, 0.2) is 0 Å². The lowest BCUT2D eigenvalue weighted by molar-refractivity contribution is -0.145. The predicted molar refractivity (Wildman–Crippen MR) is 47.5 cm³/mol. The minimum absolute atomic E-state index is 0.248. The van der Waals surface area contributed by atoms with Crippen molar-refractivity contribution < 1.29 is 19.5 Å². The highest BCUT2D eigenvalue weighted by Crippen LogP contribution is 1.90. The zero-order valence-corrected chi connectivity index (χ0v) is 7.58. The molecule has 74 valence electrons. The third-order valence-corrected chi connectivity index (χ3v) is 1.53. The van der Waals surface area contributed by atoms with Crippen molar-refractivity contribution >= 4 is 30.3 Å². The van der Waals surface area contributed by atoms with Gasteiger partial charge in [-0.15, -0.1) is 0 Å². The van der Waals surface area contributed by atoms with Crippen molar-refractivity contribution in [2.45, 2.75) is 6.04 Å². The summed E-state index contributed by atoms with van der Waals surface area (Å²) < 4.78 is 0. The Morgan fingerprint density at radius 2 is 2.00 bits per heavy atom.